The number of carbonyl (C=O) groups excluding carboxylic acids is 2. The van der Waals surface area contributed by atoms with Gasteiger partial charge in [-0.2, -0.15) is 0 Å². The van der Waals surface area contributed by atoms with Gasteiger partial charge in [-0.05, 0) is 68.5 Å². The number of piperidine rings is 1. The number of ether oxygens (including phenoxy) is 1. The highest BCUT2D eigenvalue weighted by Crippen LogP contribution is 2.23. The summed E-state index contributed by atoms with van der Waals surface area (Å²) in [5.41, 5.74) is 1.53. The van der Waals surface area contributed by atoms with Crippen molar-refractivity contribution < 1.29 is 14.3 Å². The first-order chi connectivity index (χ1) is 13.7. The predicted molar refractivity (Wildman–Crippen MR) is 111 cm³/mol. The molecule has 28 heavy (non-hydrogen) atoms. The quantitative estimate of drug-likeness (QED) is 0.777. The van der Waals surface area contributed by atoms with Gasteiger partial charge in [0.25, 0.3) is 5.91 Å². The zero-order valence-corrected chi connectivity index (χ0v) is 16.4. The lowest BCUT2D eigenvalue weighted by Gasteiger charge is -2.32. The number of hydrogen-bond donors (Lipinski definition) is 1. The number of carbonyl (C=O) groups is 2. The van der Waals surface area contributed by atoms with E-state index in [2.05, 4.69) is 5.32 Å². The van der Waals surface area contributed by atoms with Crippen molar-refractivity contribution in [3.63, 3.8) is 0 Å². The van der Waals surface area contributed by atoms with Gasteiger partial charge in [0.1, 0.15) is 5.75 Å². The standard InChI is InChI=1S/C23H28N2O3/c1-2-28-21-11-9-20(10-12-21)24-22(26)13-8-18-14-16-25(17-15-18)23(27)19-6-4-3-5-7-19/h3-7,9-12,18H,2,8,13-17H2,1H3,(H,24,26). The van der Waals surface area contributed by atoms with Crippen molar-refractivity contribution in [1.82, 2.24) is 4.90 Å². The summed E-state index contributed by atoms with van der Waals surface area (Å²) in [7, 11) is 0. The fraction of sp³-hybridized carbons (Fsp3) is 0.391. The largest absolute Gasteiger partial charge is 0.494 e. The molecular weight excluding hydrogens is 352 g/mol. The van der Waals surface area contributed by atoms with Crippen LogP contribution < -0.4 is 10.1 Å². The topological polar surface area (TPSA) is 58.6 Å². The van der Waals surface area contributed by atoms with Gasteiger partial charge < -0.3 is 15.0 Å². The van der Waals surface area contributed by atoms with Gasteiger partial charge in [0.2, 0.25) is 5.91 Å². The molecule has 2 amide bonds. The summed E-state index contributed by atoms with van der Waals surface area (Å²) in [5.74, 6) is 1.43. The second-order valence-electron chi connectivity index (χ2n) is 7.15. The fourth-order valence-electron chi connectivity index (χ4n) is 3.55. The monoisotopic (exact) mass is 380 g/mol. The second kappa shape index (κ2) is 9.93. The Hall–Kier alpha value is -2.82. The first-order valence-corrected chi connectivity index (χ1v) is 10.0. The van der Waals surface area contributed by atoms with Crippen LogP contribution in [0.25, 0.3) is 0 Å². The van der Waals surface area contributed by atoms with Gasteiger partial charge in [0.05, 0.1) is 6.61 Å². The van der Waals surface area contributed by atoms with E-state index in [1.165, 1.54) is 0 Å². The molecule has 5 heteroatoms. The summed E-state index contributed by atoms with van der Waals surface area (Å²) >= 11 is 0. The van der Waals surface area contributed by atoms with Gasteiger partial charge in [-0.25, -0.2) is 0 Å². The third kappa shape index (κ3) is 5.59. The lowest BCUT2D eigenvalue weighted by molar-refractivity contribution is -0.116. The average molecular weight is 380 g/mol. The van der Waals surface area contributed by atoms with Crippen molar-refractivity contribution in [3.8, 4) is 5.75 Å². The molecule has 0 spiro atoms. The summed E-state index contributed by atoms with van der Waals surface area (Å²) in [6.45, 7) is 4.09. The average Bonchev–Trinajstić information content (AvgIpc) is 2.74. The second-order valence-corrected chi connectivity index (χ2v) is 7.15. The van der Waals surface area contributed by atoms with E-state index < -0.39 is 0 Å². The Morgan fingerprint density at radius 1 is 1.04 bits per heavy atom. The number of amides is 2. The van der Waals surface area contributed by atoms with E-state index in [1.807, 2.05) is 66.4 Å². The van der Waals surface area contributed by atoms with Gasteiger partial charge in [-0.3, -0.25) is 9.59 Å². The molecule has 1 saturated heterocycles. The van der Waals surface area contributed by atoms with Crippen LogP contribution in [0.5, 0.6) is 5.75 Å². The predicted octanol–water partition coefficient (Wildman–Crippen LogP) is 4.36. The molecule has 1 heterocycles. The molecular formula is C23H28N2O3. The third-order valence-corrected chi connectivity index (χ3v) is 5.15. The summed E-state index contributed by atoms with van der Waals surface area (Å²) in [5, 5.41) is 2.94. The van der Waals surface area contributed by atoms with Crippen LogP contribution in [0.4, 0.5) is 5.69 Å². The van der Waals surface area contributed by atoms with Gasteiger partial charge in [-0.15, -0.1) is 0 Å². The van der Waals surface area contributed by atoms with E-state index >= 15 is 0 Å². The summed E-state index contributed by atoms with van der Waals surface area (Å²) in [6, 6.07) is 16.9. The minimum Gasteiger partial charge on any atom is -0.494 e. The maximum absolute atomic E-state index is 12.5. The van der Waals surface area contributed by atoms with E-state index in [1.54, 1.807) is 0 Å². The van der Waals surface area contributed by atoms with E-state index in [0.717, 1.165) is 49.4 Å². The Balaban J connectivity index is 1.39. The van der Waals surface area contributed by atoms with E-state index in [-0.39, 0.29) is 11.8 Å². The number of nitrogens with zero attached hydrogens (tertiary/aromatic N) is 1. The first kappa shape index (κ1) is 19.9. The smallest absolute Gasteiger partial charge is 0.253 e. The SMILES string of the molecule is CCOc1ccc(NC(=O)CCC2CCN(C(=O)c3ccccc3)CC2)cc1. The molecule has 2 aromatic carbocycles. The van der Waals surface area contributed by atoms with Gasteiger partial charge in [0.15, 0.2) is 0 Å². The van der Waals surface area contributed by atoms with Gasteiger partial charge in [-0.1, -0.05) is 18.2 Å². The Morgan fingerprint density at radius 2 is 1.71 bits per heavy atom. The molecule has 0 bridgehead atoms. The Bertz CT molecular complexity index is 766. The zero-order valence-electron chi connectivity index (χ0n) is 16.4. The highest BCUT2D eigenvalue weighted by molar-refractivity contribution is 5.94. The molecule has 0 atom stereocenters. The van der Waals surface area contributed by atoms with Crippen molar-refractivity contribution >= 4 is 17.5 Å². The summed E-state index contributed by atoms with van der Waals surface area (Å²) in [4.78, 5) is 26.6. The molecule has 0 saturated carbocycles. The van der Waals surface area contributed by atoms with Crippen molar-refractivity contribution in [1.29, 1.82) is 0 Å². The zero-order chi connectivity index (χ0) is 19.8. The van der Waals surface area contributed by atoms with Crippen LogP contribution in [-0.4, -0.2) is 36.4 Å². The number of hydrogen-bond acceptors (Lipinski definition) is 3. The minimum atomic E-state index is 0.0342. The van der Waals surface area contributed by atoms with Crippen LogP contribution in [0, 0.1) is 5.92 Å². The van der Waals surface area contributed by atoms with Crippen molar-refractivity contribution in [2.75, 3.05) is 25.0 Å². The van der Waals surface area contributed by atoms with E-state index in [9.17, 15) is 9.59 Å². The van der Waals surface area contributed by atoms with Crippen molar-refractivity contribution in [2.24, 2.45) is 5.92 Å². The molecule has 0 aromatic heterocycles. The molecule has 1 N–H and O–H groups in total. The molecule has 0 aliphatic carbocycles. The van der Waals surface area contributed by atoms with Crippen LogP contribution >= 0.6 is 0 Å². The Labute approximate surface area is 166 Å². The van der Waals surface area contributed by atoms with Crippen LogP contribution in [0.15, 0.2) is 54.6 Å². The molecule has 1 aliphatic heterocycles. The molecule has 0 unspecified atom stereocenters. The molecule has 0 radical (unpaired) electrons. The van der Waals surface area contributed by atoms with Gasteiger partial charge >= 0.3 is 0 Å². The van der Waals surface area contributed by atoms with Crippen molar-refractivity contribution in [3.05, 3.63) is 60.2 Å². The number of anilines is 1. The molecule has 1 fully saturated rings. The van der Waals surface area contributed by atoms with Crippen LogP contribution in [0.1, 0.15) is 43.0 Å². The number of rotatable bonds is 7. The van der Waals surface area contributed by atoms with Crippen LogP contribution in [0.3, 0.4) is 0 Å². The van der Waals surface area contributed by atoms with Crippen LogP contribution in [-0.2, 0) is 4.79 Å². The molecule has 2 aromatic rings. The summed E-state index contributed by atoms with van der Waals surface area (Å²) in [6.07, 6.45) is 3.27. The number of likely N-dealkylation sites (tertiary alicyclic amines) is 1. The Kier molecular flexibility index (Phi) is 7.06. The van der Waals surface area contributed by atoms with Crippen LogP contribution in [0.2, 0.25) is 0 Å². The third-order valence-electron chi connectivity index (χ3n) is 5.15. The highest BCUT2D eigenvalue weighted by atomic mass is 16.5. The maximum Gasteiger partial charge on any atom is 0.253 e. The summed E-state index contributed by atoms with van der Waals surface area (Å²) < 4.78 is 5.41. The van der Waals surface area contributed by atoms with E-state index in [0.29, 0.717) is 18.9 Å². The number of benzene rings is 2. The normalized spacial score (nSPS) is 14.5. The molecule has 148 valence electrons. The highest BCUT2D eigenvalue weighted by Gasteiger charge is 2.23. The molecule has 3 rings (SSSR count). The first-order valence-electron chi connectivity index (χ1n) is 10.0. The van der Waals surface area contributed by atoms with Crippen molar-refractivity contribution in [2.45, 2.75) is 32.6 Å². The lowest BCUT2D eigenvalue weighted by atomic mass is 9.91. The Morgan fingerprint density at radius 3 is 2.36 bits per heavy atom. The minimum absolute atomic E-state index is 0.0342. The lowest BCUT2D eigenvalue weighted by Crippen LogP contribution is -2.38. The fourth-order valence-corrected chi connectivity index (χ4v) is 3.55. The molecule has 5 nitrogen and oxygen atoms in total. The molecule has 1 aliphatic rings. The van der Waals surface area contributed by atoms with Gasteiger partial charge in [0, 0.05) is 30.8 Å². The van der Waals surface area contributed by atoms with E-state index in [4.69, 9.17) is 4.74 Å². The number of nitrogens with one attached hydrogen (secondary N) is 1. The maximum atomic E-state index is 12.5.